The van der Waals surface area contributed by atoms with Crippen LogP contribution in [0.5, 0.6) is 0 Å². The fraction of sp³-hybridized carbons (Fsp3) is 0.917. The molecule has 0 aromatic heterocycles. The Morgan fingerprint density at radius 1 is 1.17 bits per heavy atom. The van der Waals surface area contributed by atoms with Crippen molar-refractivity contribution in [3.8, 4) is 0 Å². The molecule has 2 aliphatic rings. The van der Waals surface area contributed by atoms with Crippen LogP contribution < -0.4 is 5.73 Å². The number of rotatable bonds is 4. The lowest BCUT2D eigenvalue weighted by Gasteiger charge is -2.20. The summed E-state index contributed by atoms with van der Waals surface area (Å²) in [5.74, 6) is -0.509. The lowest BCUT2D eigenvalue weighted by molar-refractivity contribution is -0.127. The standard InChI is InChI=1S/C12H22N2O3S/c13-8-10-4-3-5-11(10)18(16,17)9-12(15)14-6-1-2-7-14/h10-11H,1-9,13H2. The Labute approximate surface area is 109 Å². The summed E-state index contributed by atoms with van der Waals surface area (Å²) < 4.78 is 24.5. The third-order valence-electron chi connectivity index (χ3n) is 4.14. The highest BCUT2D eigenvalue weighted by Gasteiger charge is 2.38. The lowest BCUT2D eigenvalue weighted by atomic mass is 10.1. The average Bonchev–Trinajstić information content (AvgIpc) is 2.99. The second kappa shape index (κ2) is 5.57. The predicted octanol–water partition coefficient (Wildman–Crippen LogP) is 0.151. The Kier molecular flexibility index (Phi) is 4.27. The number of amides is 1. The second-order valence-corrected chi connectivity index (χ2v) is 7.58. The first-order valence-corrected chi connectivity index (χ1v) is 8.45. The van der Waals surface area contributed by atoms with Gasteiger partial charge in [0.2, 0.25) is 5.91 Å². The van der Waals surface area contributed by atoms with E-state index in [1.807, 2.05) is 0 Å². The van der Waals surface area contributed by atoms with Crippen molar-refractivity contribution in [3.05, 3.63) is 0 Å². The zero-order valence-corrected chi connectivity index (χ0v) is 11.5. The summed E-state index contributed by atoms with van der Waals surface area (Å²) in [5, 5.41) is -0.394. The van der Waals surface area contributed by atoms with E-state index in [9.17, 15) is 13.2 Å². The molecule has 1 amide bonds. The minimum atomic E-state index is -3.33. The SMILES string of the molecule is NCC1CCCC1S(=O)(=O)CC(=O)N1CCCC1. The Balaban J connectivity index is 2.00. The highest BCUT2D eigenvalue weighted by atomic mass is 32.2. The molecule has 0 aromatic carbocycles. The summed E-state index contributed by atoms with van der Waals surface area (Å²) in [7, 11) is -3.33. The van der Waals surface area contributed by atoms with E-state index in [1.54, 1.807) is 4.90 Å². The van der Waals surface area contributed by atoms with Crippen LogP contribution in [0.25, 0.3) is 0 Å². The fourth-order valence-electron chi connectivity index (χ4n) is 3.08. The molecule has 0 radical (unpaired) electrons. The van der Waals surface area contributed by atoms with E-state index in [-0.39, 0.29) is 17.6 Å². The molecule has 18 heavy (non-hydrogen) atoms. The number of nitrogens with two attached hydrogens (primary N) is 1. The van der Waals surface area contributed by atoms with Gasteiger partial charge in [-0.15, -0.1) is 0 Å². The van der Waals surface area contributed by atoms with Gasteiger partial charge in [-0.2, -0.15) is 0 Å². The van der Waals surface area contributed by atoms with Crippen molar-refractivity contribution in [2.24, 2.45) is 11.7 Å². The molecule has 2 N–H and O–H groups in total. The van der Waals surface area contributed by atoms with E-state index in [0.29, 0.717) is 26.1 Å². The van der Waals surface area contributed by atoms with Crippen LogP contribution in [0.2, 0.25) is 0 Å². The van der Waals surface area contributed by atoms with E-state index in [0.717, 1.165) is 25.7 Å². The summed E-state index contributed by atoms with van der Waals surface area (Å²) >= 11 is 0. The first-order valence-electron chi connectivity index (χ1n) is 6.74. The quantitative estimate of drug-likeness (QED) is 0.791. The molecule has 1 saturated carbocycles. The third kappa shape index (κ3) is 2.85. The number of carbonyl (C=O) groups excluding carboxylic acids is 1. The summed E-state index contributed by atoms with van der Waals surface area (Å²) in [4.78, 5) is 13.6. The van der Waals surface area contributed by atoms with Gasteiger partial charge in [-0.1, -0.05) is 6.42 Å². The molecule has 2 rings (SSSR count). The van der Waals surface area contributed by atoms with Crippen LogP contribution in [0.4, 0.5) is 0 Å². The first kappa shape index (κ1) is 13.8. The van der Waals surface area contributed by atoms with Crippen molar-refractivity contribution in [2.75, 3.05) is 25.4 Å². The summed E-state index contributed by atoms with van der Waals surface area (Å²) in [6, 6.07) is 0. The van der Waals surface area contributed by atoms with Gasteiger partial charge in [0.15, 0.2) is 9.84 Å². The molecule has 1 aliphatic heterocycles. The predicted molar refractivity (Wildman–Crippen MR) is 69.8 cm³/mol. The molecule has 0 bridgehead atoms. The highest BCUT2D eigenvalue weighted by Crippen LogP contribution is 2.31. The number of hydrogen-bond donors (Lipinski definition) is 1. The monoisotopic (exact) mass is 274 g/mol. The second-order valence-electron chi connectivity index (χ2n) is 5.36. The van der Waals surface area contributed by atoms with E-state index >= 15 is 0 Å². The highest BCUT2D eigenvalue weighted by molar-refractivity contribution is 7.92. The van der Waals surface area contributed by atoms with E-state index in [2.05, 4.69) is 0 Å². The maximum Gasteiger partial charge on any atom is 0.237 e. The maximum atomic E-state index is 12.3. The number of carbonyl (C=O) groups is 1. The summed E-state index contributed by atoms with van der Waals surface area (Å²) in [6.07, 6.45) is 4.42. The molecular weight excluding hydrogens is 252 g/mol. The van der Waals surface area contributed by atoms with E-state index < -0.39 is 15.1 Å². The van der Waals surface area contributed by atoms with Crippen molar-refractivity contribution >= 4 is 15.7 Å². The minimum Gasteiger partial charge on any atom is -0.342 e. The molecule has 2 unspecified atom stereocenters. The van der Waals surface area contributed by atoms with Crippen LogP contribution in [0.1, 0.15) is 32.1 Å². The zero-order chi connectivity index (χ0) is 13.2. The van der Waals surface area contributed by atoms with Crippen molar-refractivity contribution in [1.82, 2.24) is 4.90 Å². The minimum absolute atomic E-state index is 0.0429. The molecule has 0 aromatic rings. The average molecular weight is 274 g/mol. The molecule has 104 valence electrons. The molecule has 1 aliphatic carbocycles. The van der Waals surface area contributed by atoms with Crippen LogP contribution in [-0.2, 0) is 14.6 Å². The lowest BCUT2D eigenvalue weighted by Crippen LogP contribution is -2.39. The van der Waals surface area contributed by atoms with Gasteiger partial charge in [-0.05, 0) is 38.1 Å². The summed E-state index contributed by atoms with van der Waals surface area (Å²) in [6.45, 7) is 1.82. The molecule has 6 heteroatoms. The van der Waals surface area contributed by atoms with Gasteiger partial charge in [0.25, 0.3) is 0 Å². The number of sulfone groups is 1. The van der Waals surface area contributed by atoms with Crippen LogP contribution in [0.15, 0.2) is 0 Å². The van der Waals surface area contributed by atoms with Gasteiger partial charge in [0.1, 0.15) is 5.75 Å². The zero-order valence-electron chi connectivity index (χ0n) is 10.7. The van der Waals surface area contributed by atoms with E-state index in [1.165, 1.54) is 0 Å². The first-order chi connectivity index (χ1) is 8.54. The number of nitrogens with zero attached hydrogens (tertiary/aromatic N) is 1. The third-order valence-corrected chi connectivity index (χ3v) is 6.33. The van der Waals surface area contributed by atoms with Crippen molar-refractivity contribution in [2.45, 2.75) is 37.4 Å². The van der Waals surface area contributed by atoms with Crippen LogP contribution in [0, 0.1) is 5.92 Å². The molecule has 2 atom stereocenters. The molecule has 5 nitrogen and oxygen atoms in total. The Morgan fingerprint density at radius 2 is 1.83 bits per heavy atom. The molecular formula is C12H22N2O3S. The molecule has 1 saturated heterocycles. The van der Waals surface area contributed by atoms with Gasteiger partial charge >= 0.3 is 0 Å². The Hall–Kier alpha value is -0.620. The van der Waals surface area contributed by atoms with Crippen LogP contribution in [-0.4, -0.2) is 49.9 Å². The normalized spacial score (nSPS) is 28.8. The van der Waals surface area contributed by atoms with Crippen molar-refractivity contribution < 1.29 is 13.2 Å². The maximum absolute atomic E-state index is 12.3. The van der Waals surface area contributed by atoms with E-state index in [4.69, 9.17) is 5.73 Å². The van der Waals surface area contributed by atoms with Gasteiger partial charge in [-0.25, -0.2) is 8.42 Å². The molecule has 2 fully saturated rings. The van der Waals surface area contributed by atoms with Crippen molar-refractivity contribution in [3.63, 3.8) is 0 Å². The number of hydrogen-bond acceptors (Lipinski definition) is 4. The topological polar surface area (TPSA) is 80.5 Å². The van der Waals surface area contributed by atoms with Crippen LogP contribution >= 0.6 is 0 Å². The van der Waals surface area contributed by atoms with Crippen LogP contribution in [0.3, 0.4) is 0 Å². The Morgan fingerprint density at radius 3 is 2.44 bits per heavy atom. The van der Waals surface area contributed by atoms with Gasteiger partial charge in [-0.3, -0.25) is 4.79 Å². The largest absolute Gasteiger partial charge is 0.342 e. The van der Waals surface area contributed by atoms with Gasteiger partial charge < -0.3 is 10.6 Å². The Bertz CT molecular complexity index is 402. The smallest absolute Gasteiger partial charge is 0.237 e. The fourth-order valence-corrected chi connectivity index (χ4v) is 5.18. The molecule has 1 heterocycles. The van der Waals surface area contributed by atoms with Gasteiger partial charge in [0, 0.05) is 13.1 Å². The van der Waals surface area contributed by atoms with Gasteiger partial charge in [0.05, 0.1) is 5.25 Å². The molecule has 0 spiro atoms. The number of likely N-dealkylation sites (tertiary alicyclic amines) is 1. The summed E-state index contributed by atoms with van der Waals surface area (Å²) in [5.41, 5.74) is 5.61. The van der Waals surface area contributed by atoms with Crippen molar-refractivity contribution in [1.29, 1.82) is 0 Å².